The minimum atomic E-state index is -4.05. The minimum absolute atomic E-state index is 0.0975. The van der Waals surface area contributed by atoms with Gasteiger partial charge in [-0.3, -0.25) is 9.35 Å². The highest BCUT2D eigenvalue weighted by molar-refractivity contribution is 7.85. The van der Waals surface area contributed by atoms with E-state index in [1.807, 2.05) is 0 Å². The van der Waals surface area contributed by atoms with Crippen LogP contribution in [0.1, 0.15) is 110 Å². The van der Waals surface area contributed by atoms with E-state index in [0.29, 0.717) is 12.8 Å². The number of carbonyl (C=O) groups excluding carboxylic acids is 1. The molecule has 0 aromatic rings. The van der Waals surface area contributed by atoms with Gasteiger partial charge in [-0.15, -0.1) is 0 Å². The molecule has 0 rings (SSSR count). The van der Waals surface area contributed by atoms with E-state index in [9.17, 15) is 23.4 Å². The minimum Gasteiger partial charge on any atom is -0.393 e. The number of aliphatic hydroxyl groups is 2. The molecule has 2 unspecified atom stereocenters. The molecule has 0 bridgehead atoms. The second kappa shape index (κ2) is 19.0. The lowest BCUT2D eigenvalue weighted by atomic mass is 10.0. The molecule has 30 heavy (non-hydrogen) atoms. The van der Waals surface area contributed by atoms with Crippen molar-refractivity contribution in [3.05, 3.63) is 0 Å². The Kier molecular flexibility index (Phi) is 18.6. The monoisotopic (exact) mass is 451 g/mol. The summed E-state index contributed by atoms with van der Waals surface area (Å²) in [6, 6.07) is 0. The van der Waals surface area contributed by atoms with E-state index in [-0.39, 0.29) is 25.0 Å². The van der Waals surface area contributed by atoms with Gasteiger partial charge in [0.25, 0.3) is 10.1 Å². The van der Waals surface area contributed by atoms with Crippen LogP contribution >= 0.6 is 0 Å². The van der Waals surface area contributed by atoms with Gasteiger partial charge in [0, 0.05) is 13.0 Å². The summed E-state index contributed by atoms with van der Waals surface area (Å²) in [5, 5.41) is 22.3. The molecule has 0 aliphatic rings. The first-order valence-corrected chi connectivity index (χ1v) is 13.4. The summed E-state index contributed by atoms with van der Waals surface area (Å²) in [7, 11) is -4.05. The van der Waals surface area contributed by atoms with Crippen LogP contribution in [0.3, 0.4) is 0 Å². The Morgan fingerprint density at radius 2 is 1.20 bits per heavy atom. The summed E-state index contributed by atoms with van der Waals surface area (Å²) < 4.78 is 29.7. The number of nitrogens with one attached hydrogen (secondary N) is 1. The number of hydrogen-bond donors (Lipinski definition) is 4. The maximum atomic E-state index is 11.5. The van der Waals surface area contributed by atoms with E-state index in [2.05, 4.69) is 12.2 Å². The van der Waals surface area contributed by atoms with Crippen molar-refractivity contribution in [1.29, 1.82) is 0 Å². The molecule has 7 nitrogen and oxygen atoms in total. The zero-order valence-electron chi connectivity index (χ0n) is 18.9. The lowest BCUT2D eigenvalue weighted by molar-refractivity contribution is -0.121. The third-order valence-electron chi connectivity index (χ3n) is 5.34. The van der Waals surface area contributed by atoms with Crippen LogP contribution in [0.5, 0.6) is 0 Å². The maximum absolute atomic E-state index is 11.5. The zero-order chi connectivity index (χ0) is 22.7. The van der Waals surface area contributed by atoms with Gasteiger partial charge in [-0.05, 0) is 32.1 Å². The van der Waals surface area contributed by atoms with Crippen molar-refractivity contribution in [2.75, 3.05) is 12.3 Å². The normalized spacial score (nSPS) is 13.9. The van der Waals surface area contributed by atoms with Gasteiger partial charge in [0.2, 0.25) is 5.91 Å². The molecule has 0 aromatic heterocycles. The second-order valence-corrected chi connectivity index (χ2v) is 9.96. The molecular weight excluding hydrogens is 406 g/mol. The van der Waals surface area contributed by atoms with Crippen LogP contribution in [0.15, 0.2) is 0 Å². The summed E-state index contributed by atoms with van der Waals surface area (Å²) >= 11 is 0. The fraction of sp³-hybridized carbons (Fsp3) is 0.955. The number of hydrogen-bond acceptors (Lipinski definition) is 5. The standard InChI is InChI=1S/C22H45NO6S/c1-2-3-9-13-20(24)14-10-7-5-4-6-8-11-15-21(25)16-12-17-22(26)23-18-19-30(27,28)29/h20-21,24-25H,2-19H2,1H3,(H,23,26)(H,27,28,29). The largest absolute Gasteiger partial charge is 0.393 e. The SMILES string of the molecule is CCCCCC(O)CCCCCCCCCC(O)CCCC(=O)NCCS(=O)(=O)O. The summed E-state index contributed by atoms with van der Waals surface area (Å²) in [6.07, 6.45) is 14.9. The Balaban J connectivity index is 3.41. The highest BCUT2D eigenvalue weighted by atomic mass is 32.2. The van der Waals surface area contributed by atoms with Crippen molar-refractivity contribution in [1.82, 2.24) is 5.32 Å². The Labute approximate surface area is 183 Å². The van der Waals surface area contributed by atoms with Crippen LogP contribution in [0.2, 0.25) is 0 Å². The molecule has 180 valence electrons. The molecule has 0 aliphatic carbocycles. The smallest absolute Gasteiger partial charge is 0.266 e. The molecule has 0 saturated heterocycles. The van der Waals surface area contributed by atoms with E-state index < -0.39 is 22.0 Å². The Morgan fingerprint density at radius 1 is 0.767 bits per heavy atom. The van der Waals surface area contributed by atoms with Gasteiger partial charge in [0.1, 0.15) is 0 Å². The molecular formula is C22H45NO6S. The molecule has 1 amide bonds. The predicted molar refractivity (Wildman–Crippen MR) is 121 cm³/mol. The summed E-state index contributed by atoms with van der Waals surface area (Å²) in [6.45, 7) is 2.08. The third-order valence-corrected chi connectivity index (χ3v) is 6.06. The highest BCUT2D eigenvalue weighted by Crippen LogP contribution is 2.15. The molecule has 4 N–H and O–H groups in total. The third kappa shape index (κ3) is 22.0. The van der Waals surface area contributed by atoms with E-state index in [1.165, 1.54) is 38.5 Å². The van der Waals surface area contributed by atoms with Crippen LogP contribution < -0.4 is 5.32 Å². The van der Waals surface area contributed by atoms with Crippen LogP contribution in [0, 0.1) is 0 Å². The van der Waals surface area contributed by atoms with E-state index in [0.717, 1.165) is 44.9 Å². The lowest BCUT2D eigenvalue weighted by Gasteiger charge is -2.11. The average Bonchev–Trinajstić information content (AvgIpc) is 2.66. The molecule has 8 heteroatoms. The van der Waals surface area contributed by atoms with Gasteiger partial charge in [-0.1, -0.05) is 71.1 Å². The van der Waals surface area contributed by atoms with Crippen molar-refractivity contribution in [2.45, 2.75) is 122 Å². The number of aliphatic hydroxyl groups excluding tert-OH is 2. The van der Waals surface area contributed by atoms with Gasteiger partial charge in [0.05, 0.1) is 18.0 Å². The van der Waals surface area contributed by atoms with E-state index >= 15 is 0 Å². The van der Waals surface area contributed by atoms with Crippen molar-refractivity contribution in [3.63, 3.8) is 0 Å². The fourth-order valence-corrected chi connectivity index (χ4v) is 3.83. The first-order chi connectivity index (χ1) is 14.2. The van der Waals surface area contributed by atoms with Crippen LogP contribution in [0.25, 0.3) is 0 Å². The molecule has 0 fully saturated rings. The maximum Gasteiger partial charge on any atom is 0.266 e. The topological polar surface area (TPSA) is 124 Å². The zero-order valence-corrected chi connectivity index (χ0v) is 19.7. The van der Waals surface area contributed by atoms with Gasteiger partial charge in [-0.25, -0.2) is 0 Å². The predicted octanol–water partition coefficient (Wildman–Crippen LogP) is 3.97. The molecule has 0 radical (unpaired) electrons. The van der Waals surface area contributed by atoms with Crippen molar-refractivity contribution in [3.8, 4) is 0 Å². The van der Waals surface area contributed by atoms with Crippen molar-refractivity contribution < 1.29 is 28.0 Å². The molecule has 0 spiro atoms. The number of rotatable bonds is 21. The van der Waals surface area contributed by atoms with Crippen LogP contribution in [-0.2, 0) is 14.9 Å². The fourth-order valence-electron chi connectivity index (χ4n) is 3.47. The first kappa shape index (κ1) is 29.3. The van der Waals surface area contributed by atoms with Crippen molar-refractivity contribution >= 4 is 16.0 Å². The molecule has 0 aromatic carbocycles. The van der Waals surface area contributed by atoms with E-state index in [1.54, 1.807) is 0 Å². The summed E-state index contributed by atoms with van der Waals surface area (Å²) in [5.74, 6) is -0.748. The Bertz CT molecular complexity index is 512. The second-order valence-electron chi connectivity index (χ2n) is 8.38. The molecule has 2 atom stereocenters. The Hall–Kier alpha value is -0.700. The number of carbonyl (C=O) groups is 1. The molecule has 0 aliphatic heterocycles. The summed E-state index contributed by atoms with van der Waals surface area (Å²) in [5.41, 5.74) is 0. The summed E-state index contributed by atoms with van der Waals surface area (Å²) in [4.78, 5) is 11.5. The highest BCUT2D eigenvalue weighted by Gasteiger charge is 2.09. The Morgan fingerprint density at radius 3 is 1.67 bits per heavy atom. The molecule has 0 heterocycles. The average molecular weight is 452 g/mol. The van der Waals surface area contributed by atoms with Gasteiger partial charge >= 0.3 is 0 Å². The van der Waals surface area contributed by atoms with Gasteiger partial charge < -0.3 is 15.5 Å². The van der Waals surface area contributed by atoms with Crippen LogP contribution in [0.4, 0.5) is 0 Å². The first-order valence-electron chi connectivity index (χ1n) is 11.8. The number of unbranched alkanes of at least 4 members (excludes halogenated alkanes) is 8. The quantitative estimate of drug-likeness (QED) is 0.155. The number of amides is 1. The van der Waals surface area contributed by atoms with Gasteiger partial charge in [0.15, 0.2) is 0 Å². The van der Waals surface area contributed by atoms with Crippen LogP contribution in [-0.4, -0.2) is 53.6 Å². The van der Waals surface area contributed by atoms with Crippen molar-refractivity contribution in [2.24, 2.45) is 0 Å². The van der Waals surface area contributed by atoms with Gasteiger partial charge in [-0.2, -0.15) is 8.42 Å². The van der Waals surface area contributed by atoms with E-state index in [4.69, 9.17) is 4.55 Å². The molecule has 0 saturated carbocycles. The lowest BCUT2D eigenvalue weighted by Crippen LogP contribution is -2.28.